The molecule has 22 heteroatoms. The molecule has 2 aliphatic rings. The summed E-state index contributed by atoms with van der Waals surface area (Å²) in [5.41, 5.74) is 7.31. The lowest BCUT2D eigenvalue weighted by molar-refractivity contribution is -0.155. The van der Waals surface area contributed by atoms with E-state index in [1.165, 1.54) is 22.7 Å². The van der Waals surface area contributed by atoms with Gasteiger partial charge in [0.15, 0.2) is 21.9 Å². The number of nitrogens with one attached hydrogen (secondary N) is 4. The molecule has 5 N–H and O–H groups in total. The molecule has 8 aromatic rings. The maximum Gasteiger partial charge on any atom is 0.321 e. The van der Waals surface area contributed by atoms with Crippen LogP contribution < -0.4 is 31.1 Å². The van der Waals surface area contributed by atoms with Gasteiger partial charge >= 0.3 is 24.0 Å². The molecule has 0 bridgehead atoms. The van der Waals surface area contributed by atoms with Crippen molar-refractivity contribution in [3.63, 3.8) is 0 Å². The summed E-state index contributed by atoms with van der Waals surface area (Å²) < 4.78 is 7.15. The third kappa shape index (κ3) is 11.8. The molecule has 2 fully saturated rings. The minimum absolute atomic E-state index is 0.135. The van der Waals surface area contributed by atoms with Crippen LogP contribution in [-0.2, 0) is 14.3 Å². The zero-order valence-corrected chi connectivity index (χ0v) is 44.4. The van der Waals surface area contributed by atoms with Gasteiger partial charge in [0.2, 0.25) is 0 Å². The van der Waals surface area contributed by atoms with Crippen LogP contribution in [0.3, 0.4) is 0 Å². The molecule has 0 saturated carbocycles. The summed E-state index contributed by atoms with van der Waals surface area (Å²) in [7, 11) is 0. The van der Waals surface area contributed by atoms with Crippen LogP contribution in [0.15, 0.2) is 97.6 Å². The van der Waals surface area contributed by atoms with Crippen molar-refractivity contribution >= 4 is 89.0 Å². The number of hydrogen-bond donors (Lipinski definition) is 5. The fourth-order valence-corrected chi connectivity index (χ4v) is 11.0. The van der Waals surface area contributed by atoms with Crippen LogP contribution >= 0.6 is 22.7 Å². The average Bonchev–Trinajstić information content (AvgIpc) is 4.05. The second kappa shape index (κ2) is 23.1. The minimum Gasteiger partial charge on any atom is -0.481 e. The van der Waals surface area contributed by atoms with Crippen molar-refractivity contribution < 1.29 is 29.0 Å². The number of pyridine rings is 2. The smallest absolute Gasteiger partial charge is 0.321 e. The van der Waals surface area contributed by atoms with Crippen LogP contribution in [0, 0.1) is 10.8 Å². The lowest BCUT2D eigenvalue weighted by atomic mass is 9.80. The number of carboxylic acids is 1. The number of aliphatic carboxylic acids is 1. The molecule has 8 heterocycles. The van der Waals surface area contributed by atoms with Gasteiger partial charge in [0.1, 0.15) is 0 Å². The van der Waals surface area contributed by atoms with E-state index >= 15 is 0 Å². The molecule has 76 heavy (non-hydrogen) atoms. The molecule has 0 atom stereocenters. The number of benzene rings is 2. The van der Waals surface area contributed by atoms with Crippen molar-refractivity contribution in [1.82, 2.24) is 51.0 Å². The van der Waals surface area contributed by atoms with E-state index in [2.05, 4.69) is 78.5 Å². The molecular formula is C54H58N14O6S2. The molecule has 20 nitrogen and oxygen atoms in total. The van der Waals surface area contributed by atoms with E-state index in [0.717, 1.165) is 71.0 Å². The number of piperidine rings is 2. The first kappa shape index (κ1) is 52.6. The molecule has 0 aliphatic carbocycles. The van der Waals surface area contributed by atoms with Crippen molar-refractivity contribution in [2.45, 2.75) is 60.3 Å². The summed E-state index contributed by atoms with van der Waals surface area (Å²) in [5.74, 6) is 0.576. The van der Waals surface area contributed by atoms with Crippen LogP contribution in [-0.4, -0.2) is 115 Å². The average molecular weight is 1060 g/mol. The highest BCUT2D eigenvalue weighted by Gasteiger charge is 2.39. The number of amides is 4. The Labute approximate surface area is 446 Å². The number of aromatic nitrogens is 8. The lowest BCUT2D eigenvalue weighted by Gasteiger charge is -2.37. The molecule has 0 unspecified atom stereocenters. The number of anilines is 4. The number of hydrogen-bond acceptors (Lipinski definition) is 17. The van der Waals surface area contributed by atoms with E-state index in [-0.39, 0.29) is 18.0 Å². The number of rotatable bonds is 13. The molecule has 0 spiro atoms. The van der Waals surface area contributed by atoms with Crippen LogP contribution in [0.1, 0.15) is 60.3 Å². The molecule has 2 aliphatic heterocycles. The van der Waals surface area contributed by atoms with Gasteiger partial charge in [0.05, 0.1) is 61.7 Å². The highest BCUT2D eigenvalue weighted by molar-refractivity contribution is 7.23. The molecule has 0 radical (unpaired) electrons. The molecule has 2 saturated heterocycles. The van der Waals surface area contributed by atoms with Gasteiger partial charge in [-0.25, -0.2) is 19.6 Å². The summed E-state index contributed by atoms with van der Waals surface area (Å²) in [6.45, 7) is 13.3. The summed E-state index contributed by atoms with van der Waals surface area (Å²) in [6, 6.07) is 23.0. The number of esters is 1. The number of nitrogens with zero attached hydrogens (tertiary/aromatic N) is 10. The molecule has 10 rings (SSSR count). The number of carbonyl (C=O) groups is 4. The van der Waals surface area contributed by atoms with Crippen molar-refractivity contribution in [2.24, 2.45) is 10.8 Å². The van der Waals surface area contributed by atoms with Crippen molar-refractivity contribution in [3.8, 4) is 44.8 Å². The number of thiazole rings is 2. The van der Waals surface area contributed by atoms with E-state index < -0.39 is 16.8 Å². The summed E-state index contributed by atoms with van der Waals surface area (Å²) in [4.78, 5) is 71.0. The standard InChI is InChI=1S/C28H31N7O3S.C26H27N7O3S/c1-4-29-26(37)33-27-32-22-15-18(14-20(24(22)39-27)21-8-6-7-11-30-21)19-16-23(34-31-17-19)35-12-9-28(3,10-13-35)25(36)38-5-2;1-3-27-24(36)31-25-30-20-13-16(12-18(22(20)37-25)19-6-4-5-9-28-19)17-14-21(32-29-15-17)33-10-7-26(2,8-11-33)23(34)35/h6-8,11,14-17H,4-5,9-10,12-13H2,1-3H3,(H2,29,32,33,37);4-6,9,12-15H,3,7-8,10-11H2,1-2H3,(H,34,35)(H2,27,30,31,36). The van der Waals surface area contributed by atoms with E-state index in [1.807, 2.05) is 88.4 Å². The van der Waals surface area contributed by atoms with E-state index in [1.54, 1.807) is 31.7 Å². The number of carbonyl (C=O) groups excluding carboxylic acids is 3. The van der Waals surface area contributed by atoms with Gasteiger partial charge in [0, 0.05) is 73.9 Å². The quantitative estimate of drug-likeness (QED) is 0.0673. The Morgan fingerprint density at radius 1 is 0.618 bits per heavy atom. The molecule has 392 valence electrons. The van der Waals surface area contributed by atoms with Crippen LogP contribution in [0.5, 0.6) is 0 Å². The van der Waals surface area contributed by atoms with Gasteiger partial charge in [-0.1, -0.05) is 34.8 Å². The SMILES string of the molecule is CCNC(=O)Nc1nc2cc(-c3cnnc(N4CCC(C)(C(=O)O)CC4)c3)cc(-c3ccccn3)c2s1.CCNC(=O)Nc1nc2cc(-c3cnnc(N4CCC(C)(C(=O)OCC)CC4)c3)cc(-c3ccccn3)c2s1. The predicted molar refractivity (Wildman–Crippen MR) is 297 cm³/mol. The molecule has 4 amide bonds. The highest BCUT2D eigenvalue weighted by Crippen LogP contribution is 2.41. The predicted octanol–water partition coefficient (Wildman–Crippen LogP) is 9.77. The van der Waals surface area contributed by atoms with Gasteiger partial charge in [-0.2, -0.15) is 10.2 Å². The maximum absolute atomic E-state index is 12.4. The zero-order chi connectivity index (χ0) is 53.4. The van der Waals surface area contributed by atoms with Gasteiger partial charge < -0.3 is 30.3 Å². The van der Waals surface area contributed by atoms with Crippen LogP contribution in [0.25, 0.3) is 65.2 Å². The first-order valence-electron chi connectivity index (χ1n) is 25.1. The maximum atomic E-state index is 12.4. The van der Waals surface area contributed by atoms with E-state index in [4.69, 9.17) is 9.72 Å². The zero-order valence-electron chi connectivity index (χ0n) is 42.8. The number of urea groups is 2. The van der Waals surface area contributed by atoms with Gasteiger partial charge in [-0.05, 0) is 132 Å². The summed E-state index contributed by atoms with van der Waals surface area (Å²) in [5, 5.41) is 38.9. The summed E-state index contributed by atoms with van der Waals surface area (Å²) >= 11 is 2.81. The Kier molecular flexibility index (Phi) is 16.0. The number of carboxylic acid groups (broad SMARTS) is 1. The third-order valence-electron chi connectivity index (χ3n) is 13.6. The first-order valence-corrected chi connectivity index (χ1v) is 26.8. The van der Waals surface area contributed by atoms with Gasteiger partial charge in [-0.3, -0.25) is 30.2 Å². The topological polar surface area (TPSA) is 255 Å². The Morgan fingerprint density at radius 3 is 1.46 bits per heavy atom. The Balaban J connectivity index is 0.000000186. The minimum atomic E-state index is -0.758. The first-order chi connectivity index (χ1) is 36.8. The Morgan fingerprint density at radius 2 is 1.07 bits per heavy atom. The van der Waals surface area contributed by atoms with E-state index in [9.17, 15) is 24.3 Å². The second-order valence-corrected chi connectivity index (χ2v) is 20.9. The highest BCUT2D eigenvalue weighted by atomic mass is 32.1. The second-order valence-electron chi connectivity index (χ2n) is 18.9. The van der Waals surface area contributed by atoms with Gasteiger partial charge in [0.25, 0.3) is 0 Å². The molecule has 6 aromatic heterocycles. The Bertz CT molecular complexity index is 3380. The normalized spacial score (nSPS) is 14.8. The Hall–Kier alpha value is -8.24. The number of fused-ring (bicyclic) bond motifs is 2. The van der Waals surface area contributed by atoms with Crippen LogP contribution in [0.4, 0.5) is 31.5 Å². The fraction of sp³-hybridized carbons (Fsp3) is 0.333. The van der Waals surface area contributed by atoms with Crippen molar-refractivity contribution in [3.05, 3.63) is 97.6 Å². The van der Waals surface area contributed by atoms with Crippen LogP contribution in [0.2, 0.25) is 0 Å². The lowest BCUT2D eigenvalue weighted by Crippen LogP contribution is -2.43. The monoisotopic (exact) mass is 1060 g/mol. The largest absolute Gasteiger partial charge is 0.481 e. The molecular weight excluding hydrogens is 1000 g/mol. The third-order valence-corrected chi connectivity index (χ3v) is 15.6. The fourth-order valence-electron chi connectivity index (χ4n) is 9.05. The summed E-state index contributed by atoms with van der Waals surface area (Å²) in [6.07, 6.45) is 9.42. The van der Waals surface area contributed by atoms with Crippen molar-refractivity contribution in [1.29, 1.82) is 0 Å². The number of ether oxygens (including phenoxy) is 1. The van der Waals surface area contributed by atoms with Gasteiger partial charge in [-0.15, -0.1) is 10.2 Å². The molecule has 2 aromatic carbocycles. The van der Waals surface area contributed by atoms with Crippen molar-refractivity contribution in [2.75, 3.05) is 66.3 Å². The van der Waals surface area contributed by atoms with E-state index in [0.29, 0.717) is 87.6 Å².